The second-order valence-electron chi connectivity index (χ2n) is 6.04. The highest BCUT2D eigenvalue weighted by atomic mass is 32.1. The number of hydrogen-bond donors (Lipinski definition) is 2. The molecule has 0 aliphatic heterocycles. The van der Waals surface area contributed by atoms with E-state index in [1.165, 1.54) is 0 Å². The first-order valence-electron chi connectivity index (χ1n) is 6.86. The minimum absolute atomic E-state index is 0.0245. The monoisotopic (exact) mass is 299 g/mol. The lowest BCUT2D eigenvalue weighted by Gasteiger charge is -2.17. The van der Waals surface area contributed by atoms with Gasteiger partial charge in [0.2, 0.25) is 10.7 Å². The molecule has 0 bridgehead atoms. The number of nitrogens with one attached hydrogen (secondary N) is 2. The Hall–Kier alpha value is -1.21. The molecule has 0 aromatic carbocycles. The van der Waals surface area contributed by atoms with Gasteiger partial charge in [0.25, 0.3) is 0 Å². The van der Waals surface area contributed by atoms with Crippen LogP contribution in [0.4, 0.5) is 0 Å². The summed E-state index contributed by atoms with van der Waals surface area (Å²) in [7, 11) is 1.88. The topological polar surface area (TPSA) is 66.0 Å². The van der Waals surface area contributed by atoms with Gasteiger partial charge < -0.3 is 5.32 Å². The van der Waals surface area contributed by atoms with Crippen molar-refractivity contribution < 1.29 is 4.79 Å². The van der Waals surface area contributed by atoms with Crippen molar-refractivity contribution in [3.05, 3.63) is 10.6 Å². The third kappa shape index (κ3) is 5.05. The molecule has 0 atom stereocenters. The van der Waals surface area contributed by atoms with Gasteiger partial charge in [0.1, 0.15) is 5.82 Å². The van der Waals surface area contributed by atoms with Crippen LogP contribution in [0.1, 0.15) is 39.9 Å². The highest BCUT2D eigenvalue weighted by molar-refractivity contribution is 7.71. The zero-order valence-corrected chi connectivity index (χ0v) is 13.8. The van der Waals surface area contributed by atoms with E-state index in [0.29, 0.717) is 24.5 Å². The lowest BCUT2D eigenvalue weighted by Crippen LogP contribution is -2.36. The van der Waals surface area contributed by atoms with E-state index in [1.807, 2.05) is 18.9 Å². The number of amides is 1. The molecule has 1 amide bonds. The van der Waals surface area contributed by atoms with E-state index in [1.54, 1.807) is 4.68 Å². The summed E-state index contributed by atoms with van der Waals surface area (Å²) >= 11 is 5.24. The smallest absolute Gasteiger partial charge is 0.234 e. The van der Waals surface area contributed by atoms with Gasteiger partial charge in [-0.15, -0.1) is 0 Å². The standard InChI is InChI=1S/C13H25N5OS/c1-6-7-14-10(19)8-17(5)9-18-12(20)15-11(16-18)13(2,3)4/h6-9H2,1-5H3,(H,14,19)(H,15,16,20). The fourth-order valence-corrected chi connectivity index (χ4v) is 1.84. The van der Waals surface area contributed by atoms with Crippen LogP contribution in [0.2, 0.25) is 0 Å². The van der Waals surface area contributed by atoms with Crippen molar-refractivity contribution in [3.8, 4) is 0 Å². The van der Waals surface area contributed by atoms with Gasteiger partial charge >= 0.3 is 0 Å². The van der Waals surface area contributed by atoms with Gasteiger partial charge in [0.15, 0.2) is 0 Å². The van der Waals surface area contributed by atoms with Gasteiger partial charge in [0.05, 0.1) is 13.2 Å². The van der Waals surface area contributed by atoms with Crippen LogP contribution in [0.15, 0.2) is 0 Å². The molecule has 6 nitrogen and oxygen atoms in total. The molecule has 20 heavy (non-hydrogen) atoms. The van der Waals surface area contributed by atoms with Crippen molar-refractivity contribution in [2.24, 2.45) is 0 Å². The van der Waals surface area contributed by atoms with Gasteiger partial charge in [-0.3, -0.25) is 14.8 Å². The van der Waals surface area contributed by atoms with Gasteiger partial charge in [-0.25, -0.2) is 9.67 Å². The van der Waals surface area contributed by atoms with E-state index in [0.717, 1.165) is 12.2 Å². The molecular formula is C13H25N5OS. The Bertz CT molecular complexity index is 500. The maximum atomic E-state index is 11.6. The predicted molar refractivity (Wildman–Crippen MR) is 82.0 cm³/mol. The van der Waals surface area contributed by atoms with Crippen LogP contribution in [0.25, 0.3) is 0 Å². The number of hydrogen-bond acceptors (Lipinski definition) is 4. The van der Waals surface area contributed by atoms with Crippen LogP contribution in [0.3, 0.4) is 0 Å². The summed E-state index contributed by atoms with van der Waals surface area (Å²) in [5.74, 6) is 0.878. The van der Waals surface area contributed by atoms with Crippen LogP contribution >= 0.6 is 12.2 Å². The molecule has 1 aromatic rings. The lowest BCUT2D eigenvalue weighted by atomic mass is 9.96. The Morgan fingerprint density at radius 2 is 2.15 bits per heavy atom. The number of H-pyrrole nitrogens is 1. The second kappa shape index (κ2) is 6.99. The van der Waals surface area contributed by atoms with Crippen molar-refractivity contribution >= 4 is 18.1 Å². The summed E-state index contributed by atoms with van der Waals surface area (Å²) in [6, 6.07) is 0. The third-order valence-electron chi connectivity index (χ3n) is 2.76. The second-order valence-corrected chi connectivity index (χ2v) is 6.40. The maximum absolute atomic E-state index is 11.6. The molecule has 0 saturated heterocycles. The maximum Gasteiger partial charge on any atom is 0.234 e. The Morgan fingerprint density at radius 3 is 2.65 bits per heavy atom. The first-order valence-corrected chi connectivity index (χ1v) is 7.27. The fraction of sp³-hybridized carbons (Fsp3) is 0.769. The van der Waals surface area contributed by atoms with Gasteiger partial charge in [-0.2, -0.15) is 0 Å². The van der Waals surface area contributed by atoms with Crippen molar-refractivity contribution in [1.29, 1.82) is 0 Å². The summed E-state index contributed by atoms with van der Waals surface area (Å²) in [6.45, 7) is 9.83. The van der Waals surface area contributed by atoms with Crippen LogP contribution in [-0.4, -0.2) is 45.7 Å². The molecule has 114 valence electrons. The zero-order valence-electron chi connectivity index (χ0n) is 13.0. The Labute approximate surface area is 125 Å². The Morgan fingerprint density at radius 1 is 1.50 bits per heavy atom. The number of nitrogens with zero attached hydrogens (tertiary/aromatic N) is 3. The predicted octanol–water partition coefficient (Wildman–Crippen LogP) is 1.65. The molecule has 1 aromatic heterocycles. The molecule has 0 aliphatic rings. The first kappa shape index (κ1) is 16.8. The molecule has 0 spiro atoms. The van der Waals surface area contributed by atoms with E-state index in [-0.39, 0.29) is 11.3 Å². The SMILES string of the molecule is CCCNC(=O)CN(C)Cn1[nH]c(C(C)(C)C)nc1=S. The van der Waals surface area contributed by atoms with Gasteiger partial charge in [-0.05, 0) is 25.7 Å². The van der Waals surface area contributed by atoms with E-state index in [4.69, 9.17) is 12.2 Å². The lowest BCUT2D eigenvalue weighted by molar-refractivity contribution is -0.122. The average Bonchev–Trinajstić information content (AvgIpc) is 2.68. The summed E-state index contributed by atoms with van der Waals surface area (Å²) in [4.78, 5) is 17.9. The van der Waals surface area contributed by atoms with Crippen LogP contribution in [-0.2, 0) is 16.9 Å². The third-order valence-corrected chi connectivity index (χ3v) is 3.07. The molecule has 0 saturated carbocycles. The Kier molecular flexibility index (Phi) is 5.88. The number of carbonyl (C=O) groups is 1. The largest absolute Gasteiger partial charge is 0.355 e. The minimum Gasteiger partial charge on any atom is -0.355 e. The van der Waals surface area contributed by atoms with E-state index in [2.05, 4.69) is 36.2 Å². The van der Waals surface area contributed by atoms with E-state index >= 15 is 0 Å². The molecule has 0 aliphatic carbocycles. The van der Waals surface area contributed by atoms with Crippen LogP contribution < -0.4 is 5.32 Å². The summed E-state index contributed by atoms with van der Waals surface area (Å²) in [5, 5.41) is 6.05. The zero-order chi connectivity index (χ0) is 15.3. The summed E-state index contributed by atoms with van der Waals surface area (Å²) < 4.78 is 2.29. The van der Waals surface area contributed by atoms with Crippen molar-refractivity contribution in [3.63, 3.8) is 0 Å². The molecule has 2 N–H and O–H groups in total. The van der Waals surface area contributed by atoms with Crippen LogP contribution in [0.5, 0.6) is 0 Å². The molecule has 1 heterocycles. The number of carbonyl (C=O) groups excluding carboxylic acids is 1. The number of aromatic amines is 1. The molecule has 1 rings (SSSR count). The van der Waals surface area contributed by atoms with E-state index in [9.17, 15) is 4.79 Å². The first-order chi connectivity index (χ1) is 9.24. The number of aromatic nitrogens is 3. The molecule has 0 fully saturated rings. The van der Waals surface area contributed by atoms with Crippen molar-refractivity contribution in [1.82, 2.24) is 25.0 Å². The molecule has 0 unspecified atom stereocenters. The minimum atomic E-state index is -0.0735. The average molecular weight is 299 g/mol. The number of rotatable bonds is 6. The van der Waals surface area contributed by atoms with Crippen LogP contribution in [0, 0.1) is 4.77 Å². The summed E-state index contributed by atoms with van der Waals surface area (Å²) in [5.41, 5.74) is -0.0735. The summed E-state index contributed by atoms with van der Waals surface area (Å²) in [6.07, 6.45) is 0.940. The fourth-order valence-electron chi connectivity index (χ4n) is 1.64. The van der Waals surface area contributed by atoms with Crippen molar-refractivity contribution in [2.45, 2.75) is 46.2 Å². The Balaban J connectivity index is 2.62. The van der Waals surface area contributed by atoms with Crippen molar-refractivity contribution in [2.75, 3.05) is 20.1 Å². The molecule has 7 heteroatoms. The van der Waals surface area contributed by atoms with E-state index < -0.39 is 0 Å². The quantitative estimate of drug-likeness (QED) is 0.784. The molecule has 0 radical (unpaired) electrons. The number of likely N-dealkylation sites (N-methyl/N-ethyl adjacent to an activating group) is 1. The van der Waals surface area contributed by atoms with Gasteiger partial charge in [0, 0.05) is 12.0 Å². The normalized spacial score (nSPS) is 11.9. The molecular weight excluding hydrogens is 274 g/mol. The van der Waals surface area contributed by atoms with Gasteiger partial charge in [-0.1, -0.05) is 27.7 Å². The highest BCUT2D eigenvalue weighted by Crippen LogP contribution is 2.17. The highest BCUT2D eigenvalue weighted by Gasteiger charge is 2.19.